The molecule has 0 radical (unpaired) electrons. The summed E-state index contributed by atoms with van der Waals surface area (Å²) in [5.74, 6) is 0. The van der Waals surface area contributed by atoms with Crippen molar-refractivity contribution in [1.82, 2.24) is 4.98 Å². The molecule has 0 amide bonds. The Kier molecular flexibility index (Phi) is 8.00. The molecule has 4 heteroatoms. The smallest absolute Gasteiger partial charge is 0.171 e. The molecule has 9 aromatic carbocycles. The highest BCUT2D eigenvalue weighted by Gasteiger charge is 2.50. The van der Waals surface area contributed by atoms with Gasteiger partial charge in [0, 0.05) is 42.0 Å². The van der Waals surface area contributed by atoms with Crippen molar-refractivity contribution in [2.24, 2.45) is 0 Å². The van der Waals surface area contributed by atoms with Gasteiger partial charge in [-0.15, -0.1) is 0 Å². The second-order valence-electron chi connectivity index (χ2n) is 15.7. The molecular weight excluding hydrogens is 766 g/mol. The van der Waals surface area contributed by atoms with Gasteiger partial charge in [0.25, 0.3) is 0 Å². The normalized spacial score (nSPS) is 13.5. The molecule has 0 saturated heterocycles. The largest absolute Gasteiger partial charge is 0.309 e. The molecule has 0 bridgehead atoms. The molecule has 1 spiro atoms. The summed E-state index contributed by atoms with van der Waals surface area (Å²) in [5, 5.41) is 5.98. The van der Waals surface area contributed by atoms with Crippen LogP contribution in [0.5, 0.6) is 0 Å². The topological polar surface area (TPSA) is 30.0 Å². The van der Waals surface area contributed by atoms with Gasteiger partial charge in [-0.05, 0) is 80.2 Å². The van der Waals surface area contributed by atoms with Gasteiger partial charge < -0.3 is 4.57 Å². The van der Waals surface area contributed by atoms with Crippen LogP contribution in [-0.4, -0.2) is 4.98 Å². The number of pyridine rings is 1. The first-order valence-electron chi connectivity index (χ1n) is 20.4. The van der Waals surface area contributed by atoms with Crippen molar-refractivity contribution >= 4 is 56.5 Å². The summed E-state index contributed by atoms with van der Waals surface area (Å²) in [6.45, 7) is 0. The Morgan fingerprint density at radius 3 is 1.53 bits per heavy atom. The fourth-order valence-corrected chi connectivity index (χ4v) is 13.8. The van der Waals surface area contributed by atoms with E-state index in [9.17, 15) is 4.57 Å². The fourth-order valence-electron chi connectivity index (χ4n) is 9.92. The number of hydrogen-bond acceptors (Lipinski definition) is 3. The van der Waals surface area contributed by atoms with E-state index in [1.165, 1.54) is 48.6 Å². The monoisotopic (exact) mass is 801 g/mol. The maximum Gasteiger partial charge on any atom is 0.171 e. The Morgan fingerprint density at radius 2 is 0.883 bits per heavy atom. The van der Waals surface area contributed by atoms with Gasteiger partial charge in [0.1, 0.15) is 0 Å². The Morgan fingerprint density at radius 1 is 0.383 bits per heavy atom. The number of aromatic nitrogens is 1. The van der Waals surface area contributed by atoms with Crippen molar-refractivity contribution in [2.75, 3.05) is 0 Å². The SMILES string of the molecule is O=P(c1ccccc1)(c1ccccc1)c1ccc(-c2ccc(-c3nc4ccccc4c4cc5c(cc34)-c3ccccc3C53c4ccccc4Sc4ccccc43)cc2)cc1. The third-order valence-electron chi connectivity index (χ3n) is 12.6. The lowest BCUT2D eigenvalue weighted by Crippen LogP contribution is -2.31. The van der Waals surface area contributed by atoms with Gasteiger partial charge in [0.15, 0.2) is 7.14 Å². The minimum atomic E-state index is -3.06. The highest BCUT2D eigenvalue weighted by Crippen LogP contribution is 2.63. The molecule has 1 aliphatic carbocycles. The lowest BCUT2D eigenvalue weighted by atomic mass is 9.67. The minimum absolute atomic E-state index is 0.448. The van der Waals surface area contributed by atoms with E-state index in [4.69, 9.17) is 4.98 Å². The van der Waals surface area contributed by atoms with Crippen LogP contribution >= 0.6 is 18.9 Å². The lowest BCUT2D eigenvalue weighted by molar-refractivity contribution is 0.592. The molecule has 282 valence electrons. The highest BCUT2D eigenvalue weighted by atomic mass is 32.2. The molecule has 0 atom stereocenters. The average molecular weight is 802 g/mol. The average Bonchev–Trinajstić information content (AvgIpc) is 3.60. The molecule has 0 fully saturated rings. The number of fused-ring (bicyclic) bond motifs is 12. The van der Waals surface area contributed by atoms with E-state index in [-0.39, 0.29) is 0 Å². The van der Waals surface area contributed by atoms with Crippen LogP contribution in [0.3, 0.4) is 0 Å². The van der Waals surface area contributed by atoms with Gasteiger partial charge in [-0.25, -0.2) is 4.98 Å². The van der Waals surface area contributed by atoms with Crippen molar-refractivity contribution < 1.29 is 4.57 Å². The third kappa shape index (κ3) is 5.10. The summed E-state index contributed by atoms with van der Waals surface area (Å²) in [5.41, 5.74) is 12.6. The van der Waals surface area contributed by atoms with E-state index < -0.39 is 12.6 Å². The van der Waals surface area contributed by atoms with Crippen LogP contribution in [0.25, 0.3) is 55.2 Å². The standard InChI is InChI=1S/C56H36NOPS/c58-59(40-15-3-1-4-16-40,41-17-5-2-6-18-41)42-33-31-38(32-34-42)37-27-29-39(30-28-37)55-47-35-46-43-19-7-9-21-48(43)56(51(46)36-45(47)44-20-8-12-24-52(44)57-55)49-22-10-13-25-53(49)60-54-26-14-11-23-50(54)56/h1-36H. The number of hydrogen-bond donors (Lipinski definition) is 0. The molecule has 2 heterocycles. The van der Waals surface area contributed by atoms with Crippen LogP contribution < -0.4 is 15.9 Å². The van der Waals surface area contributed by atoms with E-state index in [1.807, 2.05) is 84.6 Å². The van der Waals surface area contributed by atoms with Gasteiger partial charge in [-0.1, -0.05) is 200 Å². The number of rotatable bonds is 5. The first-order valence-corrected chi connectivity index (χ1v) is 22.9. The molecule has 1 aliphatic heterocycles. The van der Waals surface area contributed by atoms with Crippen molar-refractivity contribution in [3.05, 3.63) is 241 Å². The predicted octanol–water partition coefficient (Wildman–Crippen LogP) is 13.2. The maximum atomic E-state index is 15.0. The molecule has 12 rings (SSSR count). The zero-order valence-corrected chi connectivity index (χ0v) is 34.2. The molecule has 0 unspecified atom stereocenters. The summed E-state index contributed by atoms with van der Waals surface area (Å²) in [7, 11) is -3.06. The van der Waals surface area contributed by atoms with E-state index in [1.54, 1.807) is 0 Å². The minimum Gasteiger partial charge on any atom is -0.309 e. The summed E-state index contributed by atoms with van der Waals surface area (Å²) in [6, 6.07) is 77.2. The molecule has 2 nitrogen and oxygen atoms in total. The first-order chi connectivity index (χ1) is 29.6. The van der Waals surface area contributed by atoms with E-state index in [0.29, 0.717) is 0 Å². The number of para-hydroxylation sites is 1. The molecule has 0 saturated carbocycles. The van der Waals surface area contributed by atoms with Crippen LogP contribution in [-0.2, 0) is 9.98 Å². The Hall–Kier alpha value is -6.77. The van der Waals surface area contributed by atoms with Crippen LogP contribution in [0.4, 0.5) is 0 Å². The van der Waals surface area contributed by atoms with Gasteiger partial charge in [0.05, 0.1) is 16.6 Å². The van der Waals surface area contributed by atoms with E-state index in [0.717, 1.165) is 54.6 Å². The van der Waals surface area contributed by atoms with Crippen LogP contribution in [0.15, 0.2) is 228 Å². The number of benzene rings is 9. The molecule has 0 N–H and O–H groups in total. The highest BCUT2D eigenvalue weighted by molar-refractivity contribution is 7.99. The summed E-state index contributed by atoms with van der Waals surface area (Å²) < 4.78 is 15.0. The quantitative estimate of drug-likeness (QED) is 0.128. The predicted molar refractivity (Wildman–Crippen MR) is 251 cm³/mol. The molecule has 1 aromatic heterocycles. The van der Waals surface area contributed by atoms with Crippen LogP contribution in [0, 0.1) is 0 Å². The molecule has 2 aliphatic rings. The van der Waals surface area contributed by atoms with Gasteiger partial charge in [0.2, 0.25) is 0 Å². The Bertz CT molecular complexity index is 3270. The van der Waals surface area contributed by atoms with Crippen molar-refractivity contribution in [3.63, 3.8) is 0 Å². The summed E-state index contributed by atoms with van der Waals surface area (Å²) in [4.78, 5) is 8.00. The fraction of sp³-hybridized carbons (Fsp3) is 0.0179. The summed E-state index contributed by atoms with van der Waals surface area (Å²) >= 11 is 1.88. The second kappa shape index (κ2) is 13.6. The van der Waals surface area contributed by atoms with Gasteiger partial charge in [-0.3, -0.25) is 0 Å². The Balaban J connectivity index is 1.01. The third-order valence-corrected chi connectivity index (χ3v) is 16.9. The van der Waals surface area contributed by atoms with Gasteiger partial charge >= 0.3 is 0 Å². The maximum absolute atomic E-state index is 15.0. The molecule has 10 aromatic rings. The lowest BCUT2D eigenvalue weighted by Gasteiger charge is -2.39. The first kappa shape index (κ1) is 35.2. The van der Waals surface area contributed by atoms with Crippen LogP contribution in [0.1, 0.15) is 22.3 Å². The van der Waals surface area contributed by atoms with Crippen molar-refractivity contribution in [2.45, 2.75) is 15.2 Å². The summed E-state index contributed by atoms with van der Waals surface area (Å²) in [6.07, 6.45) is 0. The molecule has 60 heavy (non-hydrogen) atoms. The van der Waals surface area contributed by atoms with Crippen molar-refractivity contribution in [3.8, 4) is 33.5 Å². The second-order valence-corrected chi connectivity index (χ2v) is 19.6. The Labute approximate surface area is 353 Å². The zero-order chi connectivity index (χ0) is 39.8. The van der Waals surface area contributed by atoms with E-state index >= 15 is 0 Å². The zero-order valence-electron chi connectivity index (χ0n) is 32.5. The molecular formula is C56H36NOPS. The van der Waals surface area contributed by atoms with Crippen LogP contribution in [0.2, 0.25) is 0 Å². The van der Waals surface area contributed by atoms with E-state index in [2.05, 4.69) is 146 Å². The number of nitrogens with zero attached hydrogens (tertiary/aromatic N) is 1. The van der Waals surface area contributed by atoms with Crippen molar-refractivity contribution in [1.29, 1.82) is 0 Å². The van der Waals surface area contributed by atoms with Gasteiger partial charge in [-0.2, -0.15) is 0 Å².